The summed E-state index contributed by atoms with van der Waals surface area (Å²) < 4.78 is 0.791. The minimum atomic E-state index is 0.536. The van der Waals surface area contributed by atoms with Crippen molar-refractivity contribution in [3.8, 4) is 0 Å². The molecule has 0 aliphatic heterocycles. The molecular formula is C17H17BrN6S. The summed E-state index contributed by atoms with van der Waals surface area (Å²) >= 11 is 5.18. The lowest BCUT2D eigenvalue weighted by atomic mass is 10.3. The normalized spacial score (nSPS) is 13.7. The molecule has 0 unspecified atom stereocenters. The van der Waals surface area contributed by atoms with Crippen LogP contribution in [-0.2, 0) is 0 Å². The summed E-state index contributed by atoms with van der Waals surface area (Å²) in [5.74, 6) is 2.66. The summed E-state index contributed by atoms with van der Waals surface area (Å²) in [5, 5.41) is 13.9. The SMILES string of the molecule is CSc1ccccc1Nc1ncc(Br)c(Nc2cc(C3CC3)n[nH]2)n1. The molecule has 0 spiro atoms. The van der Waals surface area contributed by atoms with E-state index in [2.05, 4.69) is 52.8 Å². The third-order valence-electron chi connectivity index (χ3n) is 3.94. The molecule has 1 fully saturated rings. The molecule has 1 saturated carbocycles. The van der Waals surface area contributed by atoms with Gasteiger partial charge in [0.05, 0.1) is 15.9 Å². The van der Waals surface area contributed by atoms with E-state index < -0.39 is 0 Å². The van der Waals surface area contributed by atoms with Crippen LogP contribution in [0, 0.1) is 0 Å². The van der Waals surface area contributed by atoms with Crippen molar-refractivity contribution >= 4 is 51.0 Å². The van der Waals surface area contributed by atoms with E-state index in [0.29, 0.717) is 17.7 Å². The Labute approximate surface area is 158 Å². The molecule has 4 rings (SSSR count). The Hall–Kier alpha value is -2.06. The Morgan fingerprint density at radius 3 is 2.88 bits per heavy atom. The van der Waals surface area contributed by atoms with Crippen LogP contribution in [0.3, 0.4) is 0 Å². The number of anilines is 4. The first kappa shape index (κ1) is 16.4. The Kier molecular flexibility index (Phi) is 4.63. The second-order valence-electron chi connectivity index (χ2n) is 5.82. The molecule has 1 aromatic carbocycles. The van der Waals surface area contributed by atoms with Crippen molar-refractivity contribution in [1.29, 1.82) is 0 Å². The van der Waals surface area contributed by atoms with Gasteiger partial charge in [0.15, 0.2) is 5.82 Å². The summed E-state index contributed by atoms with van der Waals surface area (Å²) in [6, 6.07) is 10.1. The van der Waals surface area contributed by atoms with Crippen molar-refractivity contribution in [3.63, 3.8) is 0 Å². The predicted octanol–water partition coefficient (Wildman–Crippen LogP) is 5.05. The van der Waals surface area contributed by atoms with E-state index in [1.165, 1.54) is 12.8 Å². The summed E-state index contributed by atoms with van der Waals surface area (Å²) in [6.45, 7) is 0. The van der Waals surface area contributed by atoms with Crippen molar-refractivity contribution < 1.29 is 0 Å². The zero-order chi connectivity index (χ0) is 17.2. The largest absolute Gasteiger partial charge is 0.324 e. The van der Waals surface area contributed by atoms with Crippen LogP contribution in [0.5, 0.6) is 0 Å². The number of rotatable bonds is 6. The Balaban J connectivity index is 1.55. The van der Waals surface area contributed by atoms with Crippen molar-refractivity contribution in [1.82, 2.24) is 20.2 Å². The quantitative estimate of drug-likeness (QED) is 0.488. The van der Waals surface area contributed by atoms with Gasteiger partial charge in [-0.1, -0.05) is 12.1 Å². The number of hydrogen-bond donors (Lipinski definition) is 3. The van der Waals surface area contributed by atoms with Gasteiger partial charge in [-0.05, 0) is 47.2 Å². The summed E-state index contributed by atoms with van der Waals surface area (Å²) in [4.78, 5) is 10.1. The molecule has 128 valence electrons. The molecule has 1 aliphatic carbocycles. The number of thioether (sulfide) groups is 1. The zero-order valence-corrected chi connectivity index (χ0v) is 16.0. The molecule has 25 heavy (non-hydrogen) atoms. The van der Waals surface area contributed by atoms with E-state index in [4.69, 9.17) is 0 Å². The topological polar surface area (TPSA) is 78.5 Å². The second kappa shape index (κ2) is 7.05. The van der Waals surface area contributed by atoms with Crippen molar-refractivity contribution in [2.45, 2.75) is 23.7 Å². The van der Waals surface area contributed by atoms with Crippen LogP contribution in [0.15, 0.2) is 45.9 Å². The monoisotopic (exact) mass is 416 g/mol. The Morgan fingerprint density at radius 2 is 2.08 bits per heavy atom. The molecule has 0 bridgehead atoms. The maximum absolute atomic E-state index is 4.57. The summed E-state index contributed by atoms with van der Waals surface area (Å²) in [7, 11) is 0. The molecule has 2 aromatic heterocycles. The minimum absolute atomic E-state index is 0.536. The van der Waals surface area contributed by atoms with Gasteiger partial charge in [-0.25, -0.2) is 4.98 Å². The number of aromatic amines is 1. The first-order valence-electron chi connectivity index (χ1n) is 7.98. The van der Waals surface area contributed by atoms with Gasteiger partial charge in [-0.15, -0.1) is 11.8 Å². The second-order valence-corrected chi connectivity index (χ2v) is 7.52. The predicted molar refractivity (Wildman–Crippen MR) is 105 cm³/mol. The number of nitrogens with one attached hydrogen (secondary N) is 3. The van der Waals surface area contributed by atoms with Gasteiger partial charge < -0.3 is 10.6 Å². The van der Waals surface area contributed by atoms with Gasteiger partial charge >= 0.3 is 0 Å². The molecule has 0 radical (unpaired) electrons. The third kappa shape index (κ3) is 3.80. The zero-order valence-electron chi connectivity index (χ0n) is 13.6. The highest BCUT2D eigenvalue weighted by Gasteiger charge is 2.26. The number of nitrogens with zero attached hydrogens (tertiary/aromatic N) is 3. The minimum Gasteiger partial charge on any atom is -0.324 e. The molecule has 0 amide bonds. The number of para-hydroxylation sites is 1. The average Bonchev–Trinajstić information content (AvgIpc) is 3.38. The molecule has 3 aromatic rings. The highest BCUT2D eigenvalue weighted by molar-refractivity contribution is 9.10. The molecule has 6 nitrogen and oxygen atoms in total. The smallest absolute Gasteiger partial charge is 0.229 e. The van der Waals surface area contributed by atoms with Gasteiger partial charge in [-0.2, -0.15) is 10.1 Å². The Morgan fingerprint density at radius 1 is 1.24 bits per heavy atom. The van der Waals surface area contributed by atoms with Crippen LogP contribution < -0.4 is 10.6 Å². The van der Waals surface area contributed by atoms with E-state index in [1.807, 2.05) is 30.5 Å². The molecule has 3 N–H and O–H groups in total. The van der Waals surface area contributed by atoms with Crippen LogP contribution in [0.1, 0.15) is 24.5 Å². The van der Waals surface area contributed by atoms with E-state index in [0.717, 1.165) is 26.6 Å². The van der Waals surface area contributed by atoms with E-state index in [-0.39, 0.29) is 0 Å². The van der Waals surface area contributed by atoms with Crippen LogP contribution in [0.2, 0.25) is 0 Å². The van der Waals surface area contributed by atoms with E-state index in [1.54, 1.807) is 18.0 Å². The first-order chi connectivity index (χ1) is 12.2. The maximum atomic E-state index is 4.57. The Bertz CT molecular complexity index is 892. The van der Waals surface area contributed by atoms with Crippen molar-refractivity contribution in [2.24, 2.45) is 0 Å². The molecule has 0 saturated heterocycles. The molecular weight excluding hydrogens is 400 g/mol. The number of benzene rings is 1. The standard InChI is InChI=1S/C17H17BrN6S/c1-25-14-5-3-2-4-12(14)20-17-19-9-11(18)16(22-17)21-15-8-13(23-24-15)10-6-7-10/h2-5,8-10H,6-7H2,1H3,(H3,19,20,21,22,23,24). The highest BCUT2D eigenvalue weighted by Crippen LogP contribution is 2.39. The van der Waals surface area contributed by atoms with E-state index in [9.17, 15) is 0 Å². The fraction of sp³-hybridized carbons (Fsp3) is 0.235. The molecule has 8 heteroatoms. The fourth-order valence-corrected chi connectivity index (χ4v) is 3.34. The fourth-order valence-electron chi connectivity index (χ4n) is 2.50. The molecule has 1 aliphatic rings. The van der Waals surface area contributed by atoms with Crippen LogP contribution >= 0.6 is 27.7 Å². The average molecular weight is 417 g/mol. The van der Waals surface area contributed by atoms with E-state index >= 15 is 0 Å². The van der Waals surface area contributed by atoms with Crippen LogP contribution in [-0.4, -0.2) is 26.4 Å². The van der Waals surface area contributed by atoms with Gasteiger partial charge in [0.2, 0.25) is 5.95 Å². The summed E-state index contributed by atoms with van der Waals surface area (Å²) in [6.07, 6.45) is 6.23. The van der Waals surface area contributed by atoms with Crippen molar-refractivity contribution in [3.05, 3.63) is 46.7 Å². The summed E-state index contributed by atoms with van der Waals surface area (Å²) in [5.41, 5.74) is 2.10. The number of H-pyrrole nitrogens is 1. The van der Waals surface area contributed by atoms with Crippen molar-refractivity contribution in [2.75, 3.05) is 16.9 Å². The first-order valence-corrected chi connectivity index (χ1v) is 9.99. The van der Waals surface area contributed by atoms with Gasteiger partial charge in [-0.3, -0.25) is 5.10 Å². The molecule has 0 atom stereocenters. The van der Waals surface area contributed by atoms with Gasteiger partial charge in [0, 0.05) is 23.1 Å². The lowest BCUT2D eigenvalue weighted by Gasteiger charge is -2.11. The number of halogens is 1. The third-order valence-corrected chi connectivity index (χ3v) is 5.32. The van der Waals surface area contributed by atoms with Gasteiger partial charge in [0.25, 0.3) is 0 Å². The molecule has 2 heterocycles. The highest BCUT2D eigenvalue weighted by atomic mass is 79.9. The number of hydrogen-bond acceptors (Lipinski definition) is 6. The number of aromatic nitrogens is 4. The maximum Gasteiger partial charge on any atom is 0.229 e. The van der Waals surface area contributed by atoms with Crippen LogP contribution in [0.4, 0.5) is 23.3 Å². The van der Waals surface area contributed by atoms with Gasteiger partial charge in [0.1, 0.15) is 5.82 Å². The lowest BCUT2D eigenvalue weighted by Crippen LogP contribution is -2.02. The van der Waals surface area contributed by atoms with Crippen LogP contribution in [0.25, 0.3) is 0 Å². The lowest BCUT2D eigenvalue weighted by molar-refractivity contribution is 0.966.